The van der Waals surface area contributed by atoms with Gasteiger partial charge in [-0.1, -0.05) is 26.7 Å². The van der Waals surface area contributed by atoms with E-state index in [4.69, 9.17) is 4.74 Å². The average molecular weight is 259 g/mol. The van der Waals surface area contributed by atoms with E-state index in [-0.39, 0.29) is 11.2 Å². The first kappa shape index (κ1) is 15.2. The smallest absolute Gasteiger partial charge is 0.181 e. The van der Waals surface area contributed by atoms with Crippen molar-refractivity contribution >= 4 is 5.78 Å². The van der Waals surface area contributed by atoms with Crippen LogP contribution in [0.25, 0.3) is 0 Å². The van der Waals surface area contributed by atoms with Crippen LogP contribution in [0.1, 0.15) is 50.2 Å². The minimum atomic E-state index is -0.0307. The van der Waals surface area contributed by atoms with Crippen molar-refractivity contribution in [2.24, 2.45) is 5.41 Å². The molecule has 0 aliphatic heterocycles. The van der Waals surface area contributed by atoms with E-state index in [2.05, 4.69) is 16.8 Å². The number of Topliss-reactive ketones (excluding diaryl/α,β-unsaturated/α-hetero) is 1. The summed E-state index contributed by atoms with van der Waals surface area (Å²) in [5, 5.41) is 0. The van der Waals surface area contributed by atoms with E-state index in [9.17, 15) is 4.79 Å². The molecule has 0 saturated carbocycles. The fourth-order valence-corrected chi connectivity index (χ4v) is 1.68. The Kier molecular flexibility index (Phi) is 5.11. The van der Waals surface area contributed by atoms with Crippen LogP contribution in [0.3, 0.4) is 0 Å². The van der Waals surface area contributed by atoms with Crippen LogP contribution in [0.2, 0.25) is 0 Å². The Balaban J connectivity index is 2.81. The highest BCUT2D eigenvalue weighted by molar-refractivity contribution is 5.95. The van der Waals surface area contributed by atoms with Crippen molar-refractivity contribution < 1.29 is 9.53 Å². The zero-order valence-corrected chi connectivity index (χ0v) is 12.3. The van der Waals surface area contributed by atoms with Gasteiger partial charge in [-0.25, -0.2) is 4.98 Å². The van der Waals surface area contributed by atoms with Crippen LogP contribution in [0.15, 0.2) is 12.3 Å². The SMILES string of the molecule is CC#CCOc1cnc(C(=O)CC(C)(C)C)c(C)c1. The van der Waals surface area contributed by atoms with Gasteiger partial charge in [-0.2, -0.15) is 0 Å². The first-order valence-corrected chi connectivity index (χ1v) is 6.36. The van der Waals surface area contributed by atoms with Crippen molar-refractivity contribution in [1.82, 2.24) is 4.98 Å². The summed E-state index contributed by atoms with van der Waals surface area (Å²) in [7, 11) is 0. The third-order valence-corrected chi connectivity index (χ3v) is 2.50. The highest BCUT2D eigenvalue weighted by atomic mass is 16.5. The maximum absolute atomic E-state index is 12.1. The number of pyridine rings is 1. The molecule has 102 valence electrons. The van der Waals surface area contributed by atoms with Crippen LogP contribution < -0.4 is 4.74 Å². The normalized spacial score (nSPS) is 10.6. The largest absolute Gasteiger partial charge is 0.479 e. The van der Waals surface area contributed by atoms with Crippen LogP contribution in [0.5, 0.6) is 5.75 Å². The Morgan fingerprint density at radius 1 is 1.42 bits per heavy atom. The highest BCUT2D eigenvalue weighted by Crippen LogP contribution is 2.23. The van der Waals surface area contributed by atoms with E-state index in [1.54, 1.807) is 13.1 Å². The summed E-state index contributed by atoms with van der Waals surface area (Å²) < 4.78 is 5.42. The van der Waals surface area contributed by atoms with Gasteiger partial charge in [-0.3, -0.25) is 4.79 Å². The predicted octanol–water partition coefficient (Wildman–Crippen LogP) is 3.41. The van der Waals surface area contributed by atoms with E-state index in [0.29, 0.717) is 24.5 Å². The molecular formula is C16H21NO2. The second-order valence-corrected chi connectivity index (χ2v) is 5.71. The van der Waals surface area contributed by atoms with Crippen molar-refractivity contribution in [1.29, 1.82) is 0 Å². The molecule has 1 heterocycles. The van der Waals surface area contributed by atoms with Gasteiger partial charge >= 0.3 is 0 Å². The van der Waals surface area contributed by atoms with E-state index >= 15 is 0 Å². The summed E-state index contributed by atoms with van der Waals surface area (Å²) in [5.41, 5.74) is 1.34. The third kappa shape index (κ3) is 5.13. The molecule has 0 bridgehead atoms. The number of carbonyl (C=O) groups is 1. The molecule has 0 N–H and O–H groups in total. The molecule has 0 saturated heterocycles. The number of aryl methyl sites for hydroxylation is 1. The first-order valence-electron chi connectivity index (χ1n) is 6.36. The summed E-state index contributed by atoms with van der Waals surface area (Å²) in [6.07, 6.45) is 2.07. The fourth-order valence-electron chi connectivity index (χ4n) is 1.68. The molecule has 0 aromatic carbocycles. The van der Waals surface area contributed by atoms with Crippen molar-refractivity contribution in [3.05, 3.63) is 23.5 Å². The minimum absolute atomic E-state index is 0.0307. The molecule has 0 spiro atoms. The molecule has 1 aromatic rings. The standard InChI is InChI=1S/C16H21NO2/c1-6-7-8-19-13-9-12(2)15(17-11-13)14(18)10-16(3,4)5/h9,11H,8,10H2,1-5H3. The number of ketones is 1. The van der Waals surface area contributed by atoms with Crippen molar-refractivity contribution in [3.8, 4) is 17.6 Å². The summed E-state index contributed by atoms with van der Waals surface area (Å²) >= 11 is 0. The topological polar surface area (TPSA) is 39.2 Å². The number of nitrogens with zero attached hydrogens (tertiary/aromatic N) is 1. The maximum Gasteiger partial charge on any atom is 0.181 e. The van der Waals surface area contributed by atoms with Crippen LogP contribution in [-0.2, 0) is 0 Å². The van der Waals surface area contributed by atoms with Gasteiger partial charge in [-0.15, -0.1) is 5.92 Å². The van der Waals surface area contributed by atoms with Crippen LogP contribution >= 0.6 is 0 Å². The second kappa shape index (κ2) is 6.38. The van der Waals surface area contributed by atoms with E-state index in [0.717, 1.165) is 5.56 Å². The molecule has 0 atom stereocenters. The molecule has 1 rings (SSSR count). The van der Waals surface area contributed by atoms with Gasteiger partial charge in [0, 0.05) is 6.42 Å². The molecule has 1 aromatic heterocycles. The van der Waals surface area contributed by atoms with Crippen LogP contribution in [-0.4, -0.2) is 17.4 Å². The van der Waals surface area contributed by atoms with Gasteiger partial charge in [-0.05, 0) is 30.9 Å². The summed E-state index contributed by atoms with van der Waals surface area (Å²) in [6, 6.07) is 1.83. The lowest BCUT2D eigenvalue weighted by Crippen LogP contribution is -2.15. The zero-order valence-electron chi connectivity index (χ0n) is 12.3. The quantitative estimate of drug-likeness (QED) is 0.614. The van der Waals surface area contributed by atoms with Crippen molar-refractivity contribution in [2.75, 3.05) is 6.61 Å². The number of aromatic nitrogens is 1. The van der Waals surface area contributed by atoms with Crippen molar-refractivity contribution in [3.63, 3.8) is 0 Å². The number of ether oxygens (including phenoxy) is 1. The number of carbonyl (C=O) groups excluding carboxylic acids is 1. The Bertz CT molecular complexity index is 516. The second-order valence-electron chi connectivity index (χ2n) is 5.71. The Morgan fingerprint density at radius 3 is 2.63 bits per heavy atom. The molecule has 3 nitrogen and oxygen atoms in total. The third-order valence-electron chi connectivity index (χ3n) is 2.50. The minimum Gasteiger partial charge on any atom is -0.479 e. The van der Waals surface area contributed by atoms with Gasteiger partial charge in [0.25, 0.3) is 0 Å². The Labute approximate surface area is 115 Å². The molecule has 0 radical (unpaired) electrons. The molecule has 0 unspecified atom stereocenters. The van der Waals surface area contributed by atoms with Crippen LogP contribution in [0.4, 0.5) is 0 Å². The van der Waals surface area contributed by atoms with Gasteiger partial charge in [0.05, 0.1) is 6.20 Å². The fraction of sp³-hybridized carbons (Fsp3) is 0.500. The highest BCUT2D eigenvalue weighted by Gasteiger charge is 2.19. The number of rotatable bonds is 4. The lowest BCUT2D eigenvalue weighted by Gasteiger charge is -2.17. The average Bonchev–Trinajstić information content (AvgIpc) is 2.27. The lowest BCUT2D eigenvalue weighted by molar-refractivity contribution is 0.0934. The van der Waals surface area contributed by atoms with Gasteiger partial charge in [0.1, 0.15) is 18.1 Å². The zero-order chi connectivity index (χ0) is 14.5. The van der Waals surface area contributed by atoms with Crippen molar-refractivity contribution in [2.45, 2.75) is 41.0 Å². The Morgan fingerprint density at radius 2 is 2.11 bits per heavy atom. The van der Waals surface area contributed by atoms with E-state index < -0.39 is 0 Å². The van der Waals surface area contributed by atoms with Gasteiger partial charge in [0.2, 0.25) is 0 Å². The molecule has 19 heavy (non-hydrogen) atoms. The molecular weight excluding hydrogens is 238 g/mol. The Hall–Kier alpha value is -1.82. The predicted molar refractivity (Wildman–Crippen MR) is 76.3 cm³/mol. The molecule has 0 fully saturated rings. The summed E-state index contributed by atoms with van der Waals surface area (Å²) in [6.45, 7) is 10.1. The van der Waals surface area contributed by atoms with Gasteiger partial charge in [0.15, 0.2) is 5.78 Å². The van der Waals surface area contributed by atoms with E-state index in [1.165, 1.54) is 0 Å². The maximum atomic E-state index is 12.1. The molecule has 0 amide bonds. The van der Waals surface area contributed by atoms with Gasteiger partial charge < -0.3 is 4.74 Å². The number of hydrogen-bond acceptors (Lipinski definition) is 3. The molecule has 0 aliphatic rings. The van der Waals surface area contributed by atoms with Crippen LogP contribution in [0, 0.1) is 24.2 Å². The summed E-state index contributed by atoms with van der Waals surface area (Å²) in [5.74, 6) is 6.30. The summed E-state index contributed by atoms with van der Waals surface area (Å²) in [4.78, 5) is 16.3. The molecule has 0 aliphatic carbocycles. The lowest BCUT2D eigenvalue weighted by atomic mass is 9.88. The van der Waals surface area contributed by atoms with E-state index in [1.807, 2.05) is 33.8 Å². The monoisotopic (exact) mass is 259 g/mol. The number of hydrogen-bond donors (Lipinski definition) is 0. The molecule has 3 heteroatoms. The first-order chi connectivity index (χ1) is 8.83.